The molecule has 2 amide bonds. The smallest absolute Gasteiger partial charge is 0.224 e. The highest BCUT2D eigenvalue weighted by molar-refractivity contribution is 5.91. The minimum atomic E-state index is -0.361. The molecule has 2 rings (SSSR count). The summed E-state index contributed by atoms with van der Waals surface area (Å²) >= 11 is 0. The van der Waals surface area contributed by atoms with Gasteiger partial charge in [-0.05, 0) is 42.0 Å². The molecule has 0 fully saturated rings. The summed E-state index contributed by atoms with van der Waals surface area (Å²) in [6, 6.07) is 12.9. The van der Waals surface area contributed by atoms with Crippen LogP contribution in [0.3, 0.4) is 0 Å². The lowest BCUT2D eigenvalue weighted by Crippen LogP contribution is -2.38. The number of nitrogens with zero attached hydrogens (tertiary/aromatic N) is 1. The van der Waals surface area contributed by atoms with E-state index in [0.717, 1.165) is 11.3 Å². The third-order valence-corrected chi connectivity index (χ3v) is 3.70. The van der Waals surface area contributed by atoms with Crippen LogP contribution in [0.4, 0.5) is 10.1 Å². The molecule has 0 aliphatic heterocycles. The number of anilines is 1. The van der Waals surface area contributed by atoms with Crippen molar-refractivity contribution < 1.29 is 18.7 Å². The molecule has 0 aliphatic carbocycles. The molecule has 0 saturated heterocycles. The van der Waals surface area contributed by atoms with E-state index in [1.54, 1.807) is 19.2 Å². The second-order valence-electron chi connectivity index (χ2n) is 5.52. The minimum Gasteiger partial charge on any atom is -0.497 e. The van der Waals surface area contributed by atoms with Crippen molar-refractivity contribution in [2.75, 3.05) is 25.1 Å². The topological polar surface area (TPSA) is 58.6 Å². The minimum absolute atomic E-state index is 0.132. The summed E-state index contributed by atoms with van der Waals surface area (Å²) in [6.45, 7) is 2.06. The molecule has 25 heavy (non-hydrogen) atoms. The lowest BCUT2D eigenvalue weighted by molar-refractivity contribution is -0.121. The average Bonchev–Trinajstić information content (AvgIpc) is 2.60. The summed E-state index contributed by atoms with van der Waals surface area (Å²) in [5, 5.41) is 2.79. The highest BCUT2D eigenvalue weighted by Crippen LogP contribution is 2.15. The molecule has 0 radical (unpaired) electrons. The molecule has 0 saturated carbocycles. The van der Waals surface area contributed by atoms with E-state index in [1.165, 1.54) is 36.1 Å². The van der Waals surface area contributed by atoms with Crippen molar-refractivity contribution in [3.8, 4) is 5.75 Å². The Morgan fingerprint density at radius 1 is 1.08 bits per heavy atom. The quantitative estimate of drug-likeness (QED) is 0.840. The van der Waals surface area contributed by atoms with Crippen molar-refractivity contribution >= 4 is 17.5 Å². The molecule has 0 unspecified atom stereocenters. The van der Waals surface area contributed by atoms with Gasteiger partial charge >= 0.3 is 0 Å². The first kappa shape index (κ1) is 18.4. The Kier molecular flexibility index (Phi) is 6.51. The zero-order valence-corrected chi connectivity index (χ0v) is 14.3. The Balaban J connectivity index is 1.85. The van der Waals surface area contributed by atoms with Crippen LogP contribution >= 0.6 is 0 Å². The molecule has 2 aromatic rings. The Labute approximate surface area is 146 Å². The number of ether oxygens (including phenoxy) is 1. The maximum absolute atomic E-state index is 13.0. The largest absolute Gasteiger partial charge is 0.497 e. The van der Waals surface area contributed by atoms with Crippen LogP contribution in [0.15, 0.2) is 48.5 Å². The molecule has 0 spiro atoms. The molecule has 0 heterocycles. The number of methoxy groups -OCH3 is 1. The maximum atomic E-state index is 13.0. The summed E-state index contributed by atoms with van der Waals surface area (Å²) in [6.07, 6.45) is 0.251. The van der Waals surface area contributed by atoms with Crippen LogP contribution in [0.25, 0.3) is 0 Å². The highest BCUT2D eigenvalue weighted by Gasteiger charge is 2.12. The van der Waals surface area contributed by atoms with Gasteiger partial charge < -0.3 is 15.0 Å². The number of benzene rings is 2. The molecule has 0 aromatic heterocycles. The van der Waals surface area contributed by atoms with E-state index in [9.17, 15) is 14.0 Å². The van der Waals surface area contributed by atoms with Crippen LogP contribution in [-0.4, -0.2) is 32.0 Å². The molecule has 0 atom stereocenters. The Morgan fingerprint density at radius 3 is 2.28 bits per heavy atom. The number of amides is 2. The van der Waals surface area contributed by atoms with Gasteiger partial charge in [-0.15, -0.1) is 0 Å². The van der Waals surface area contributed by atoms with Crippen molar-refractivity contribution in [1.82, 2.24) is 5.32 Å². The fraction of sp³-hybridized carbons (Fsp3) is 0.263. The lowest BCUT2D eigenvalue weighted by atomic mass is 10.1. The molecule has 132 valence electrons. The number of hydrogen-bond donors (Lipinski definition) is 1. The van der Waals surface area contributed by atoms with Crippen LogP contribution in [0.1, 0.15) is 12.5 Å². The average molecular weight is 344 g/mol. The van der Waals surface area contributed by atoms with Crippen molar-refractivity contribution in [1.29, 1.82) is 0 Å². The van der Waals surface area contributed by atoms with Crippen LogP contribution in [-0.2, 0) is 16.0 Å². The molecule has 0 aliphatic rings. The van der Waals surface area contributed by atoms with Crippen LogP contribution in [0, 0.1) is 5.82 Å². The van der Waals surface area contributed by atoms with Crippen molar-refractivity contribution in [3.63, 3.8) is 0 Å². The van der Waals surface area contributed by atoms with E-state index in [-0.39, 0.29) is 24.1 Å². The molecule has 1 N–H and O–H groups in total. The summed E-state index contributed by atoms with van der Waals surface area (Å²) in [4.78, 5) is 25.3. The maximum Gasteiger partial charge on any atom is 0.224 e. The number of nitrogens with one attached hydrogen (secondary N) is 1. The molecular weight excluding hydrogens is 323 g/mol. The highest BCUT2D eigenvalue weighted by atomic mass is 19.1. The van der Waals surface area contributed by atoms with Crippen molar-refractivity contribution in [2.45, 2.75) is 13.3 Å². The monoisotopic (exact) mass is 344 g/mol. The third kappa shape index (κ3) is 5.60. The molecular formula is C19H21FN2O3. The number of carbonyl (C=O) groups excluding carboxylic acids is 2. The zero-order valence-electron chi connectivity index (χ0n) is 14.3. The summed E-state index contributed by atoms with van der Waals surface area (Å²) in [5.74, 6) is 0.0735. The number of rotatable bonds is 7. The first-order chi connectivity index (χ1) is 12.0. The SMILES string of the molecule is COc1ccc(CC(=O)NCCN(C(C)=O)c2ccc(F)cc2)cc1. The first-order valence-corrected chi connectivity index (χ1v) is 7.93. The van der Waals surface area contributed by atoms with Crippen LogP contribution < -0.4 is 15.0 Å². The van der Waals surface area contributed by atoms with Crippen LogP contribution in [0.2, 0.25) is 0 Å². The van der Waals surface area contributed by atoms with E-state index in [2.05, 4.69) is 5.32 Å². The lowest BCUT2D eigenvalue weighted by Gasteiger charge is -2.21. The van der Waals surface area contributed by atoms with E-state index < -0.39 is 0 Å². The van der Waals surface area contributed by atoms with Crippen LogP contribution in [0.5, 0.6) is 5.75 Å². The van der Waals surface area contributed by atoms with E-state index in [0.29, 0.717) is 18.8 Å². The van der Waals surface area contributed by atoms with Gasteiger partial charge in [-0.1, -0.05) is 12.1 Å². The Hall–Kier alpha value is -2.89. The molecule has 5 nitrogen and oxygen atoms in total. The van der Waals surface area contributed by atoms with Gasteiger partial charge in [0.2, 0.25) is 11.8 Å². The normalized spacial score (nSPS) is 10.2. The van der Waals surface area contributed by atoms with Gasteiger partial charge in [0.25, 0.3) is 0 Å². The predicted octanol–water partition coefficient (Wildman–Crippen LogP) is 2.55. The van der Waals surface area contributed by atoms with Gasteiger partial charge in [-0.2, -0.15) is 0 Å². The van der Waals surface area contributed by atoms with E-state index in [1.807, 2.05) is 12.1 Å². The van der Waals surface area contributed by atoms with E-state index >= 15 is 0 Å². The molecule has 2 aromatic carbocycles. The van der Waals surface area contributed by atoms with Gasteiger partial charge in [-0.25, -0.2) is 4.39 Å². The fourth-order valence-electron chi connectivity index (χ4n) is 2.39. The van der Waals surface area contributed by atoms with Gasteiger partial charge in [0.15, 0.2) is 0 Å². The number of carbonyl (C=O) groups is 2. The number of halogens is 1. The van der Waals surface area contributed by atoms with Gasteiger partial charge in [-0.3, -0.25) is 9.59 Å². The third-order valence-electron chi connectivity index (χ3n) is 3.70. The Morgan fingerprint density at radius 2 is 1.72 bits per heavy atom. The van der Waals surface area contributed by atoms with Gasteiger partial charge in [0.05, 0.1) is 13.5 Å². The predicted molar refractivity (Wildman–Crippen MR) is 94.1 cm³/mol. The van der Waals surface area contributed by atoms with Gasteiger partial charge in [0, 0.05) is 25.7 Å². The standard InChI is InChI=1S/C19H21FN2O3/c1-14(23)22(17-7-5-16(20)6-8-17)12-11-21-19(24)13-15-3-9-18(25-2)10-4-15/h3-10H,11-13H2,1-2H3,(H,21,24). The van der Waals surface area contributed by atoms with E-state index in [4.69, 9.17) is 4.74 Å². The Bertz CT molecular complexity index is 714. The first-order valence-electron chi connectivity index (χ1n) is 7.93. The second kappa shape index (κ2) is 8.82. The second-order valence-corrected chi connectivity index (χ2v) is 5.52. The van der Waals surface area contributed by atoms with Gasteiger partial charge in [0.1, 0.15) is 11.6 Å². The summed E-state index contributed by atoms with van der Waals surface area (Å²) < 4.78 is 18.1. The zero-order chi connectivity index (χ0) is 18.2. The molecule has 0 bridgehead atoms. The summed E-state index contributed by atoms with van der Waals surface area (Å²) in [7, 11) is 1.59. The van der Waals surface area contributed by atoms with Crippen molar-refractivity contribution in [2.24, 2.45) is 0 Å². The summed E-state index contributed by atoms with van der Waals surface area (Å²) in [5.41, 5.74) is 1.47. The van der Waals surface area contributed by atoms with Crippen molar-refractivity contribution in [3.05, 3.63) is 59.9 Å². The fourth-order valence-corrected chi connectivity index (χ4v) is 2.39. The number of hydrogen-bond acceptors (Lipinski definition) is 3. The molecule has 6 heteroatoms.